The van der Waals surface area contributed by atoms with Crippen molar-refractivity contribution in [3.8, 4) is 5.75 Å². The summed E-state index contributed by atoms with van der Waals surface area (Å²) in [7, 11) is -2.45. The summed E-state index contributed by atoms with van der Waals surface area (Å²) in [5, 5.41) is 0. The third kappa shape index (κ3) is 3.93. The first-order chi connectivity index (χ1) is 9.94. The van der Waals surface area contributed by atoms with Crippen LogP contribution in [0.25, 0.3) is 0 Å². The number of nitrogens with one attached hydrogen (secondary N) is 1. The Balaban J connectivity index is 2.19. The van der Waals surface area contributed by atoms with Gasteiger partial charge in [0.05, 0.1) is 12.0 Å². The molecule has 3 N–H and O–H groups in total. The summed E-state index contributed by atoms with van der Waals surface area (Å²) >= 11 is 0. The molecule has 2 unspecified atom stereocenters. The maximum absolute atomic E-state index is 13.7. The van der Waals surface area contributed by atoms with E-state index in [9.17, 15) is 12.8 Å². The van der Waals surface area contributed by atoms with Gasteiger partial charge in [-0.2, -0.15) is 0 Å². The molecule has 0 heterocycles. The first-order valence-electron chi connectivity index (χ1n) is 7.05. The molecule has 118 valence electrons. The monoisotopic (exact) mass is 316 g/mol. The van der Waals surface area contributed by atoms with Crippen LogP contribution in [0.3, 0.4) is 0 Å². The smallest absolute Gasteiger partial charge is 0.240 e. The Morgan fingerprint density at radius 1 is 1.29 bits per heavy atom. The Labute approximate surface area is 124 Å². The van der Waals surface area contributed by atoms with Crippen molar-refractivity contribution in [2.45, 2.75) is 49.1 Å². The number of hydrogen-bond acceptors (Lipinski definition) is 4. The van der Waals surface area contributed by atoms with E-state index in [1.807, 2.05) is 0 Å². The number of halogens is 1. The van der Waals surface area contributed by atoms with Crippen molar-refractivity contribution < 1.29 is 17.5 Å². The van der Waals surface area contributed by atoms with Crippen LogP contribution in [0, 0.1) is 5.82 Å². The minimum absolute atomic E-state index is 0.0140. The van der Waals surface area contributed by atoms with E-state index in [1.165, 1.54) is 19.2 Å². The molecule has 2 rings (SSSR count). The molecule has 1 aromatic rings. The van der Waals surface area contributed by atoms with E-state index in [-0.39, 0.29) is 22.7 Å². The van der Waals surface area contributed by atoms with Gasteiger partial charge < -0.3 is 10.5 Å². The van der Waals surface area contributed by atoms with Crippen LogP contribution in [0.4, 0.5) is 4.39 Å². The number of hydrogen-bond donors (Lipinski definition) is 2. The molecule has 1 aliphatic carbocycles. The quantitative estimate of drug-likeness (QED) is 0.830. The molecule has 1 aliphatic rings. The van der Waals surface area contributed by atoms with Gasteiger partial charge in [0.15, 0.2) is 11.6 Å². The number of benzene rings is 1. The van der Waals surface area contributed by atoms with Crippen LogP contribution in [-0.2, 0) is 10.0 Å². The van der Waals surface area contributed by atoms with Crippen LogP contribution in [0.1, 0.15) is 32.1 Å². The van der Waals surface area contributed by atoms with E-state index in [0.29, 0.717) is 6.42 Å². The number of nitrogens with two attached hydrogens (primary N) is 1. The van der Waals surface area contributed by atoms with Gasteiger partial charge in [0.2, 0.25) is 10.0 Å². The maximum atomic E-state index is 13.7. The van der Waals surface area contributed by atoms with E-state index in [0.717, 1.165) is 31.7 Å². The van der Waals surface area contributed by atoms with Crippen LogP contribution in [0.5, 0.6) is 5.75 Å². The van der Waals surface area contributed by atoms with Gasteiger partial charge in [-0.3, -0.25) is 0 Å². The average molecular weight is 316 g/mol. The molecule has 0 radical (unpaired) electrons. The average Bonchev–Trinajstić information content (AvgIpc) is 2.64. The molecule has 5 nitrogen and oxygen atoms in total. The molecule has 0 spiro atoms. The Kier molecular flexibility index (Phi) is 5.18. The molecule has 0 aliphatic heterocycles. The summed E-state index contributed by atoms with van der Waals surface area (Å²) < 4.78 is 45.7. The highest BCUT2D eigenvalue weighted by atomic mass is 32.2. The fraction of sp³-hybridized carbons (Fsp3) is 0.571. The van der Waals surface area contributed by atoms with Gasteiger partial charge in [0, 0.05) is 12.1 Å². The molecule has 1 aromatic carbocycles. The van der Waals surface area contributed by atoms with Crippen molar-refractivity contribution in [1.29, 1.82) is 0 Å². The lowest BCUT2D eigenvalue weighted by atomic mass is 10.1. The Morgan fingerprint density at radius 2 is 2.00 bits per heavy atom. The zero-order valence-corrected chi connectivity index (χ0v) is 12.8. The topological polar surface area (TPSA) is 81.4 Å². The molecular formula is C14H21FN2O3S. The highest BCUT2D eigenvalue weighted by molar-refractivity contribution is 7.89. The molecular weight excluding hydrogens is 295 g/mol. The van der Waals surface area contributed by atoms with Crippen molar-refractivity contribution in [3.05, 3.63) is 24.0 Å². The van der Waals surface area contributed by atoms with E-state index < -0.39 is 15.8 Å². The summed E-state index contributed by atoms with van der Waals surface area (Å²) in [5.41, 5.74) is 6.02. The van der Waals surface area contributed by atoms with E-state index in [2.05, 4.69) is 4.72 Å². The molecule has 7 heteroatoms. The Hall–Kier alpha value is -1.18. The van der Waals surface area contributed by atoms with E-state index in [4.69, 9.17) is 10.5 Å². The second kappa shape index (κ2) is 6.72. The summed E-state index contributed by atoms with van der Waals surface area (Å²) in [5.74, 6) is -0.689. The lowest BCUT2D eigenvalue weighted by molar-refractivity contribution is 0.385. The van der Waals surface area contributed by atoms with E-state index in [1.54, 1.807) is 0 Å². The van der Waals surface area contributed by atoms with Gasteiger partial charge in [0.25, 0.3) is 0 Å². The first-order valence-corrected chi connectivity index (χ1v) is 8.54. The van der Waals surface area contributed by atoms with Gasteiger partial charge in [0.1, 0.15) is 0 Å². The minimum atomic E-state index is -3.78. The van der Waals surface area contributed by atoms with Crippen molar-refractivity contribution in [2.24, 2.45) is 5.73 Å². The molecule has 0 amide bonds. The van der Waals surface area contributed by atoms with Crippen LogP contribution in [0.2, 0.25) is 0 Å². The third-order valence-electron chi connectivity index (χ3n) is 3.81. The lowest BCUT2D eigenvalue weighted by Gasteiger charge is -2.22. The number of ether oxygens (including phenoxy) is 1. The summed E-state index contributed by atoms with van der Waals surface area (Å²) in [6, 6.07) is 3.08. The lowest BCUT2D eigenvalue weighted by Crippen LogP contribution is -2.46. The van der Waals surface area contributed by atoms with Gasteiger partial charge in [-0.15, -0.1) is 0 Å². The van der Waals surface area contributed by atoms with Crippen LogP contribution in [-0.4, -0.2) is 27.6 Å². The number of sulfonamides is 1. The maximum Gasteiger partial charge on any atom is 0.240 e. The van der Waals surface area contributed by atoms with Crippen LogP contribution >= 0.6 is 0 Å². The Bertz CT molecular complexity index is 592. The van der Waals surface area contributed by atoms with Crippen molar-refractivity contribution >= 4 is 10.0 Å². The fourth-order valence-corrected chi connectivity index (χ4v) is 3.90. The standard InChI is InChI=1S/C14H21FN2O3S/c1-20-14-8-7-10(9-11(14)15)21(18,19)17-13-6-4-2-3-5-12(13)16/h7-9,12-13,17H,2-6,16H2,1H3. The zero-order valence-electron chi connectivity index (χ0n) is 12.0. The number of rotatable bonds is 4. The second-order valence-electron chi connectivity index (χ2n) is 5.33. The van der Waals surface area contributed by atoms with Gasteiger partial charge in [-0.1, -0.05) is 19.3 Å². The Morgan fingerprint density at radius 3 is 2.67 bits per heavy atom. The molecule has 21 heavy (non-hydrogen) atoms. The number of methoxy groups -OCH3 is 1. The zero-order chi connectivity index (χ0) is 15.5. The van der Waals surface area contributed by atoms with Gasteiger partial charge in [-0.25, -0.2) is 17.5 Å². The van der Waals surface area contributed by atoms with Gasteiger partial charge >= 0.3 is 0 Å². The molecule has 2 atom stereocenters. The van der Waals surface area contributed by atoms with Crippen molar-refractivity contribution in [3.63, 3.8) is 0 Å². The fourth-order valence-electron chi connectivity index (χ4n) is 2.56. The van der Waals surface area contributed by atoms with Crippen molar-refractivity contribution in [2.75, 3.05) is 7.11 Å². The molecule has 1 saturated carbocycles. The summed E-state index contributed by atoms with van der Waals surface area (Å²) in [4.78, 5) is -0.114. The van der Waals surface area contributed by atoms with Gasteiger partial charge in [-0.05, 0) is 31.0 Å². The van der Waals surface area contributed by atoms with E-state index >= 15 is 0 Å². The molecule has 1 fully saturated rings. The first kappa shape index (κ1) is 16.2. The van der Waals surface area contributed by atoms with Crippen LogP contribution in [0.15, 0.2) is 23.1 Å². The SMILES string of the molecule is COc1ccc(S(=O)(=O)NC2CCCCCC2N)cc1F. The summed E-state index contributed by atoms with van der Waals surface area (Å²) in [6.07, 6.45) is 4.51. The normalized spacial score (nSPS) is 23.6. The van der Waals surface area contributed by atoms with Crippen LogP contribution < -0.4 is 15.2 Å². The second-order valence-corrected chi connectivity index (χ2v) is 7.04. The molecule has 0 bridgehead atoms. The highest BCUT2D eigenvalue weighted by Crippen LogP contribution is 2.22. The molecule has 0 aromatic heterocycles. The largest absolute Gasteiger partial charge is 0.494 e. The predicted molar refractivity (Wildman–Crippen MR) is 78.1 cm³/mol. The molecule has 0 saturated heterocycles. The predicted octanol–water partition coefficient (Wildman–Crippen LogP) is 1.77. The van der Waals surface area contributed by atoms with Crippen molar-refractivity contribution in [1.82, 2.24) is 4.72 Å². The minimum Gasteiger partial charge on any atom is -0.494 e. The highest BCUT2D eigenvalue weighted by Gasteiger charge is 2.26. The third-order valence-corrected chi connectivity index (χ3v) is 5.30. The summed E-state index contributed by atoms with van der Waals surface area (Å²) in [6.45, 7) is 0.